The van der Waals surface area contributed by atoms with E-state index in [4.69, 9.17) is 9.47 Å². The normalized spacial score (nSPS) is 18.0. The number of methoxy groups -OCH3 is 1. The second-order valence-electron chi connectivity index (χ2n) is 7.72. The third kappa shape index (κ3) is 5.72. The number of hydrogen-bond acceptors (Lipinski definition) is 5. The molecule has 5 heteroatoms. The Morgan fingerprint density at radius 1 is 1.07 bits per heavy atom. The molecular formula is C24H34N2O3. The number of aliphatic hydroxyl groups is 1. The lowest BCUT2D eigenvalue weighted by Gasteiger charge is -2.41. The molecule has 1 fully saturated rings. The minimum Gasteiger partial charge on any atom is -0.496 e. The lowest BCUT2D eigenvalue weighted by Crippen LogP contribution is -2.52. The van der Waals surface area contributed by atoms with E-state index in [1.807, 2.05) is 19.1 Å². The van der Waals surface area contributed by atoms with Crippen molar-refractivity contribution in [2.45, 2.75) is 39.4 Å². The smallest absolute Gasteiger partial charge is 0.123 e. The predicted molar refractivity (Wildman–Crippen MR) is 117 cm³/mol. The van der Waals surface area contributed by atoms with Gasteiger partial charge in [0.15, 0.2) is 0 Å². The number of aryl methyl sites for hydroxylation is 1. The number of benzene rings is 2. The minimum atomic E-state index is 0.212. The van der Waals surface area contributed by atoms with Crippen LogP contribution in [-0.4, -0.2) is 60.9 Å². The van der Waals surface area contributed by atoms with Gasteiger partial charge in [0.1, 0.15) is 11.5 Å². The molecule has 158 valence electrons. The molecule has 1 heterocycles. The van der Waals surface area contributed by atoms with E-state index < -0.39 is 0 Å². The zero-order valence-corrected chi connectivity index (χ0v) is 17.9. The molecule has 0 radical (unpaired) electrons. The van der Waals surface area contributed by atoms with Crippen molar-refractivity contribution in [3.05, 3.63) is 59.2 Å². The first kappa shape index (κ1) is 21.6. The zero-order chi connectivity index (χ0) is 20.6. The fourth-order valence-corrected chi connectivity index (χ4v) is 4.18. The monoisotopic (exact) mass is 398 g/mol. The van der Waals surface area contributed by atoms with E-state index in [2.05, 4.69) is 47.1 Å². The van der Waals surface area contributed by atoms with Gasteiger partial charge in [-0.1, -0.05) is 30.3 Å². The molecule has 0 saturated carbocycles. The van der Waals surface area contributed by atoms with Gasteiger partial charge in [0.05, 0.1) is 13.7 Å². The van der Waals surface area contributed by atoms with Crippen LogP contribution in [0.5, 0.6) is 11.5 Å². The highest BCUT2D eigenvalue weighted by Crippen LogP contribution is 2.25. The van der Waals surface area contributed by atoms with Gasteiger partial charge in [-0.25, -0.2) is 0 Å². The first-order chi connectivity index (χ1) is 14.1. The first-order valence-corrected chi connectivity index (χ1v) is 10.6. The number of para-hydroxylation sites is 1. The Hall–Kier alpha value is -2.08. The van der Waals surface area contributed by atoms with Crippen LogP contribution in [0, 0.1) is 6.92 Å². The van der Waals surface area contributed by atoms with Crippen LogP contribution >= 0.6 is 0 Å². The van der Waals surface area contributed by atoms with E-state index in [1.54, 1.807) is 7.11 Å². The summed E-state index contributed by atoms with van der Waals surface area (Å²) in [5.74, 6) is 1.90. The fourth-order valence-electron chi connectivity index (χ4n) is 4.18. The molecule has 1 unspecified atom stereocenters. The van der Waals surface area contributed by atoms with Gasteiger partial charge in [-0.3, -0.25) is 9.80 Å². The maximum absolute atomic E-state index is 9.63. The third-order valence-electron chi connectivity index (χ3n) is 5.66. The van der Waals surface area contributed by atoms with Crippen molar-refractivity contribution in [1.82, 2.24) is 9.80 Å². The Morgan fingerprint density at radius 3 is 2.62 bits per heavy atom. The number of aliphatic hydroxyl groups excluding tert-OH is 1. The summed E-state index contributed by atoms with van der Waals surface area (Å²) in [6, 6.07) is 15.0. The van der Waals surface area contributed by atoms with Crippen molar-refractivity contribution in [3.63, 3.8) is 0 Å². The summed E-state index contributed by atoms with van der Waals surface area (Å²) in [6.45, 7) is 9.74. The maximum atomic E-state index is 9.63. The van der Waals surface area contributed by atoms with Gasteiger partial charge in [0.25, 0.3) is 0 Å². The van der Waals surface area contributed by atoms with Crippen LogP contribution in [0.3, 0.4) is 0 Å². The topological polar surface area (TPSA) is 45.2 Å². The number of rotatable bonds is 9. The second kappa shape index (κ2) is 10.6. The van der Waals surface area contributed by atoms with Crippen molar-refractivity contribution in [3.8, 4) is 11.5 Å². The van der Waals surface area contributed by atoms with Crippen LogP contribution < -0.4 is 9.47 Å². The Balaban J connectivity index is 1.66. The van der Waals surface area contributed by atoms with Gasteiger partial charge in [-0.2, -0.15) is 0 Å². The van der Waals surface area contributed by atoms with Crippen molar-refractivity contribution >= 4 is 0 Å². The van der Waals surface area contributed by atoms with Crippen LogP contribution in [0.25, 0.3) is 0 Å². The van der Waals surface area contributed by atoms with Gasteiger partial charge < -0.3 is 14.6 Å². The van der Waals surface area contributed by atoms with Crippen LogP contribution in [0.1, 0.15) is 30.0 Å². The molecule has 2 aromatic carbocycles. The molecule has 0 bridgehead atoms. The van der Waals surface area contributed by atoms with E-state index in [1.165, 1.54) is 16.7 Å². The lowest BCUT2D eigenvalue weighted by atomic mass is 10.0. The predicted octanol–water partition coefficient (Wildman–Crippen LogP) is 3.47. The molecule has 0 aromatic heterocycles. The molecule has 0 aliphatic carbocycles. The molecule has 1 N–H and O–H groups in total. The summed E-state index contributed by atoms with van der Waals surface area (Å²) in [5, 5.41) is 9.63. The highest BCUT2D eigenvalue weighted by atomic mass is 16.5. The summed E-state index contributed by atoms with van der Waals surface area (Å²) < 4.78 is 11.2. The average molecular weight is 399 g/mol. The van der Waals surface area contributed by atoms with Crippen LogP contribution in [0.4, 0.5) is 0 Å². The largest absolute Gasteiger partial charge is 0.496 e. The van der Waals surface area contributed by atoms with Gasteiger partial charge in [0, 0.05) is 50.9 Å². The van der Waals surface area contributed by atoms with Crippen molar-refractivity contribution in [2.24, 2.45) is 0 Å². The molecular weight excluding hydrogens is 364 g/mol. The van der Waals surface area contributed by atoms with E-state index >= 15 is 0 Å². The molecule has 3 rings (SSSR count). The number of hydrogen-bond donors (Lipinski definition) is 1. The molecule has 2 aromatic rings. The minimum absolute atomic E-state index is 0.212. The Morgan fingerprint density at radius 2 is 1.90 bits per heavy atom. The maximum Gasteiger partial charge on any atom is 0.123 e. The zero-order valence-electron chi connectivity index (χ0n) is 17.9. The molecule has 1 aliphatic heterocycles. The van der Waals surface area contributed by atoms with Crippen LogP contribution in [0.15, 0.2) is 42.5 Å². The quantitative estimate of drug-likeness (QED) is 0.701. The van der Waals surface area contributed by atoms with Gasteiger partial charge in [-0.15, -0.1) is 0 Å². The highest BCUT2D eigenvalue weighted by molar-refractivity contribution is 5.36. The molecule has 29 heavy (non-hydrogen) atoms. The van der Waals surface area contributed by atoms with Gasteiger partial charge in [-0.05, 0) is 43.5 Å². The van der Waals surface area contributed by atoms with Gasteiger partial charge >= 0.3 is 0 Å². The standard InChI is InChI=1S/C24H34N2O3/c1-4-29-24-8-6-5-7-21(24)17-26-13-12-25(18-22(26)11-14-27)16-20-9-10-23(28-3)19(2)15-20/h5-10,15,22,27H,4,11-14,16-18H2,1-3H3. The summed E-state index contributed by atoms with van der Waals surface area (Å²) in [6.07, 6.45) is 0.787. The van der Waals surface area contributed by atoms with Crippen molar-refractivity contribution in [1.29, 1.82) is 0 Å². The van der Waals surface area contributed by atoms with Gasteiger partial charge in [0.2, 0.25) is 0 Å². The SMILES string of the molecule is CCOc1ccccc1CN1CCN(Cc2ccc(OC)c(C)c2)CC1CCO. The van der Waals surface area contributed by atoms with E-state index in [0.717, 1.165) is 50.6 Å². The fraction of sp³-hybridized carbons (Fsp3) is 0.500. The number of piperazine rings is 1. The second-order valence-corrected chi connectivity index (χ2v) is 7.72. The van der Waals surface area contributed by atoms with Crippen LogP contribution in [0.2, 0.25) is 0 Å². The summed E-state index contributed by atoms with van der Waals surface area (Å²) in [5.41, 5.74) is 3.70. The number of ether oxygens (including phenoxy) is 2. The van der Waals surface area contributed by atoms with E-state index in [9.17, 15) is 5.11 Å². The Bertz CT molecular complexity index is 780. The molecule has 1 saturated heterocycles. The van der Waals surface area contributed by atoms with E-state index in [-0.39, 0.29) is 6.61 Å². The molecule has 1 aliphatic rings. The third-order valence-corrected chi connectivity index (χ3v) is 5.66. The Labute approximate surface area is 174 Å². The highest BCUT2D eigenvalue weighted by Gasteiger charge is 2.27. The summed E-state index contributed by atoms with van der Waals surface area (Å²) in [4.78, 5) is 4.98. The molecule has 0 amide bonds. The first-order valence-electron chi connectivity index (χ1n) is 10.6. The van der Waals surface area contributed by atoms with Crippen molar-refractivity contribution in [2.75, 3.05) is 40.0 Å². The molecule has 1 atom stereocenters. The number of nitrogens with zero attached hydrogens (tertiary/aromatic N) is 2. The summed E-state index contributed by atoms with van der Waals surface area (Å²) in [7, 11) is 1.71. The van der Waals surface area contributed by atoms with Crippen molar-refractivity contribution < 1.29 is 14.6 Å². The Kier molecular flexibility index (Phi) is 7.92. The summed E-state index contributed by atoms with van der Waals surface area (Å²) >= 11 is 0. The lowest BCUT2D eigenvalue weighted by molar-refractivity contribution is 0.0494. The molecule has 0 spiro atoms. The molecule has 5 nitrogen and oxygen atoms in total. The van der Waals surface area contributed by atoms with Crippen LogP contribution in [-0.2, 0) is 13.1 Å². The van der Waals surface area contributed by atoms with E-state index in [0.29, 0.717) is 12.6 Å². The average Bonchev–Trinajstić information content (AvgIpc) is 2.72.